The van der Waals surface area contributed by atoms with Crippen molar-refractivity contribution < 1.29 is 19.1 Å². The van der Waals surface area contributed by atoms with Crippen molar-refractivity contribution in [3.8, 4) is 5.69 Å². The van der Waals surface area contributed by atoms with Crippen LogP contribution in [0.2, 0.25) is 0 Å². The van der Waals surface area contributed by atoms with Crippen LogP contribution in [0.15, 0.2) is 36.7 Å². The molecule has 26 heavy (non-hydrogen) atoms. The predicted octanol–water partition coefficient (Wildman–Crippen LogP) is 2.65. The molecule has 140 valence electrons. The number of benzene rings is 1. The smallest absolute Gasteiger partial charge is 0.317 e. The van der Waals surface area contributed by atoms with E-state index in [1.54, 1.807) is 36.3 Å². The van der Waals surface area contributed by atoms with Gasteiger partial charge in [-0.15, -0.1) is 0 Å². The minimum absolute atomic E-state index is 0.00433. The average molecular weight is 362 g/mol. The monoisotopic (exact) mass is 362 g/mol. The Bertz CT molecular complexity index is 758. The Kier molecular flexibility index (Phi) is 6.32. The predicted molar refractivity (Wildman–Crippen MR) is 94.4 cm³/mol. The highest BCUT2D eigenvalue weighted by molar-refractivity contribution is 5.75. The van der Waals surface area contributed by atoms with Crippen molar-refractivity contribution in [2.75, 3.05) is 7.05 Å². The summed E-state index contributed by atoms with van der Waals surface area (Å²) >= 11 is 0. The summed E-state index contributed by atoms with van der Waals surface area (Å²) in [5.74, 6) is -1.27. The Morgan fingerprint density at radius 3 is 2.54 bits per heavy atom. The van der Waals surface area contributed by atoms with Gasteiger partial charge in [0.1, 0.15) is 5.82 Å². The van der Waals surface area contributed by atoms with Crippen molar-refractivity contribution in [1.29, 1.82) is 0 Å². The van der Waals surface area contributed by atoms with Crippen molar-refractivity contribution in [3.05, 3.63) is 48.0 Å². The largest absolute Gasteiger partial charge is 0.481 e. The van der Waals surface area contributed by atoms with Crippen LogP contribution in [0.25, 0.3) is 5.69 Å². The van der Waals surface area contributed by atoms with Gasteiger partial charge in [-0.2, -0.15) is 5.10 Å². The molecule has 0 saturated carbocycles. The van der Waals surface area contributed by atoms with Gasteiger partial charge in [-0.1, -0.05) is 13.8 Å². The fourth-order valence-electron chi connectivity index (χ4n) is 2.43. The molecule has 0 aliphatic rings. The van der Waals surface area contributed by atoms with Crippen LogP contribution < -0.4 is 5.32 Å². The second-order valence-electron chi connectivity index (χ2n) is 6.52. The number of amides is 2. The third-order valence-corrected chi connectivity index (χ3v) is 4.00. The molecule has 2 rings (SSSR count). The van der Waals surface area contributed by atoms with E-state index < -0.39 is 12.0 Å². The van der Waals surface area contributed by atoms with Crippen molar-refractivity contribution in [2.45, 2.75) is 32.9 Å². The number of carboxylic acids is 1. The van der Waals surface area contributed by atoms with E-state index in [1.807, 2.05) is 13.8 Å². The number of aromatic nitrogens is 2. The highest BCUT2D eigenvalue weighted by atomic mass is 19.1. The van der Waals surface area contributed by atoms with Gasteiger partial charge in [-0.05, 0) is 30.2 Å². The van der Waals surface area contributed by atoms with E-state index in [4.69, 9.17) is 5.11 Å². The molecule has 0 saturated heterocycles. The summed E-state index contributed by atoms with van der Waals surface area (Å²) in [7, 11) is 1.63. The lowest BCUT2D eigenvalue weighted by atomic mass is 10.0. The highest BCUT2D eigenvalue weighted by Gasteiger charge is 2.21. The van der Waals surface area contributed by atoms with Crippen LogP contribution >= 0.6 is 0 Å². The lowest BCUT2D eigenvalue weighted by Gasteiger charge is -2.24. The summed E-state index contributed by atoms with van der Waals surface area (Å²) in [5, 5.41) is 15.9. The first-order chi connectivity index (χ1) is 12.3. The lowest BCUT2D eigenvalue weighted by Crippen LogP contribution is -2.45. The quantitative estimate of drug-likeness (QED) is 0.793. The topological polar surface area (TPSA) is 87.5 Å². The van der Waals surface area contributed by atoms with Crippen molar-refractivity contribution in [3.63, 3.8) is 0 Å². The normalized spacial score (nSPS) is 12.0. The maximum Gasteiger partial charge on any atom is 0.317 e. The van der Waals surface area contributed by atoms with Crippen molar-refractivity contribution in [2.24, 2.45) is 5.92 Å². The number of carboxylic acid groups (broad SMARTS) is 1. The Hall–Kier alpha value is -2.90. The first-order valence-electron chi connectivity index (χ1n) is 8.29. The number of rotatable bonds is 7. The summed E-state index contributed by atoms with van der Waals surface area (Å²) in [6.07, 6.45) is 3.26. The van der Waals surface area contributed by atoms with Gasteiger partial charge >= 0.3 is 12.0 Å². The number of hydrogen-bond acceptors (Lipinski definition) is 3. The molecule has 2 aromatic rings. The fraction of sp³-hybridized carbons (Fsp3) is 0.389. The number of carbonyl (C=O) groups is 2. The van der Waals surface area contributed by atoms with Gasteiger partial charge in [0, 0.05) is 24.8 Å². The van der Waals surface area contributed by atoms with E-state index >= 15 is 0 Å². The first kappa shape index (κ1) is 19.4. The fourth-order valence-corrected chi connectivity index (χ4v) is 2.43. The Morgan fingerprint density at radius 1 is 1.31 bits per heavy atom. The van der Waals surface area contributed by atoms with E-state index in [-0.39, 0.29) is 24.2 Å². The molecule has 0 bridgehead atoms. The van der Waals surface area contributed by atoms with E-state index in [1.165, 1.54) is 17.0 Å². The van der Waals surface area contributed by atoms with Crippen LogP contribution in [-0.2, 0) is 11.3 Å². The molecule has 2 amide bonds. The van der Waals surface area contributed by atoms with Crippen LogP contribution in [-0.4, -0.2) is 44.9 Å². The molecule has 0 aliphatic carbocycles. The van der Waals surface area contributed by atoms with Crippen LogP contribution in [0.5, 0.6) is 0 Å². The number of carbonyl (C=O) groups excluding carboxylic acids is 1. The van der Waals surface area contributed by atoms with Crippen molar-refractivity contribution in [1.82, 2.24) is 20.0 Å². The molecule has 1 unspecified atom stereocenters. The third kappa shape index (κ3) is 5.30. The van der Waals surface area contributed by atoms with Gasteiger partial charge in [0.2, 0.25) is 0 Å². The average Bonchev–Trinajstić information content (AvgIpc) is 3.02. The van der Waals surface area contributed by atoms with E-state index in [0.29, 0.717) is 12.2 Å². The number of nitrogens with zero attached hydrogens (tertiary/aromatic N) is 3. The molecule has 0 spiro atoms. The van der Waals surface area contributed by atoms with Gasteiger partial charge in [0.05, 0.1) is 24.8 Å². The van der Waals surface area contributed by atoms with Crippen LogP contribution in [0.4, 0.5) is 9.18 Å². The molecule has 2 N–H and O–H groups in total. The van der Waals surface area contributed by atoms with Gasteiger partial charge in [0.25, 0.3) is 0 Å². The van der Waals surface area contributed by atoms with E-state index in [9.17, 15) is 14.0 Å². The number of urea groups is 1. The molecule has 0 fully saturated rings. The standard InChI is InChI=1S/C18H23FN4O3/c1-12(2)16(8-17(24)25)21-18(26)22(3)10-13-9-20-23(11-13)15-6-4-14(19)5-7-15/h4-7,9,11-12,16H,8,10H2,1-3H3,(H,21,26)(H,24,25). The summed E-state index contributed by atoms with van der Waals surface area (Å²) in [6.45, 7) is 4.03. The Balaban J connectivity index is 1.98. The van der Waals surface area contributed by atoms with Gasteiger partial charge in [-0.3, -0.25) is 4.79 Å². The van der Waals surface area contributed by atoms with Crippen LogP contribution in [0.3, 0.4) is 0 Å². The van der Waals surface area contributed by atoms with E-state index in [2.05, 4.69) is 10.4 Å². The molecule has 8 heteroatoms. The molecule has 1 aromatic carbocycles. The maximum absolute atomic E-state index is 13.0. The second-order valence-corrected chi connectivity index (χ2v) is 6.52. The summed E-state index contributed by atoms with van der Waals surface area (Å²) < 4.78 is 14.6. The first-order valence-corrected chi connectivity index (χ1v) is 8.29. The van der Waals surface area contributed by atoms with Crippen LogP contribution in [0.1, 0.15) is 25.8 Å². The minimum atomic E-state index is -0.952. The zero-order chi connectivity index (χ0) is 19.3. The van der Waals surface area contributed by atoms with E-state index in [0.717, 1.165) is 5.56 Å². The lowest BCUT2D eigenvalue weighted by molar-refractivity contribution is -0.137. The summed E-state index contributed by atoms with van der Waals surface area (Å²) in [4.78, 5) is 24.7. The second kappa shape index (κ2) is 8.46. The zero-order valence-electron chi connectivity index (χ0n) is 15.0. The van der Waals surface area contributed by atoms with Gasteiger partial charge in [0.15, 0.2) is 0 Å². The number of aliphatic carboxylic acids is 1. The van der Waals surface area contributed by atoms with Crippen LogP contribution in [0, 0.1) is 11.7 Å². The molecule has 7 nitrogen and oxygen atoms in total. The summed E-state index contributed by atoms with van der Waals surface area (Å²) in [6, 6.07) is 5.14. The number of nitrogens with one attached hydrogen (secondary N) is 1. The molecule has 1 heterocycles. The third-order valence-electron chi connectivity index (χ3n) is 4.00. The Labute approximate surface area is 151 Å². The van der Waals surface area contributed by atoms with Crippen molar-refractivity contribution >= 4 is 12.0 Å². The number of halogens is 1. The molecule has 0 aliphatic heterocycles. The zero-order valence-corrected chi connectivity index (χ0v) is 15.0. The SMILES string of the molecule is CC(C)C(CC(=O)O)NC(=O)N(C)Cc1cnn(-c2ccc(F)cc2)c1. The number of hydrogen-bond donors (Lipinski definition) is 2. The molecule has 0 radical (unpaired) electrons. The minimum Gasteiger partial charge on any atom is -0.481 e. The van der Waals surface area contributed by atoms with Gasteiger partial charge < -0.3 is 15.3 Å². The molecule has 1 aromatic heterocycles. The highest BCUT2D eigenvalue weighted by Crippen LogP contribution is 2.11. The molecular weight excluding hydrogens is 339 g/mol. The Morgan fingerprint density at radius 2 is 1.96 bits per heavy atom. The van der Waals surface area contributed by atoms with Gasteiger partial charge in [-0.25, -0.2) is 13.9 Å². The maximum atomic E-state index is 13.0. The molecule has 1 atom stereocenters. The molecular formula is C18H23FN4O3. The summed E-state index contributed by atoms with van der Waals surface area (Å²) in [5.41, 5.74) is 1.51.